The second-order valence-electron chi connectivity index (χ2n) is 5.47. The Morgan fingerprint density at radius 1 is 1.10 bits per heavy atom. The molecule has 0 spiro atoms. The highest BCUT2D eigenvalue weighted by Gasteiger charge is 2.13. The van der Waals surface area contributed by atoms with Crippen LogP contribution in [0.4, 0.5) is 0 Å². The normalized spacial score (nSPS) is 12.8. The minimum atomic E-state index is 0.300. The summed E-state index contributed by atoms with van der Waals surface area (Å²) in [5.41, 5.74) is 2.95. The molecule has 1 heterocycles. The molecule has 1 unspecified atom stereocenters. The van der Waals surface area contributed by atoms with Gasteiger partial charge in [0.2, 0.25) is 0 Å². The average molecular weight is 361 g/mol. The third-order valence-electron chi connectivity index (χ3n) is 3.76. The van der Waals surface area contributed by atoms with Crippen molar-refractivity contribution in [1.82, 2.24) is 5.43 Å². The van der Waals surface area contributed by atoms with E-state index in [4.69, 9.17) is 5.84 Å². The van der Waals surface area contributed by atoms with Crippen LogP contribution in [0.3, 0.4) is 0 Å². The van der Waals surface area contributed by atoms with E-state index in [2.05, 4.69) is 39.7 Å². The minimum Gasteiger partial charge on any atom is -0.271 e. The van der Waals surface area contributed by atoms with E-state index in [0.717, 1.165) is 6.42 Å². The summed E-state index contributed by atoms with van der Waals surface area (Å²) in [4.78, 5) is 1.33. The SMILES string of the molecule is CCCCCCCCCCCC(NN)c1sccc1Br. The van der Waals surface area contributed by atoms with E-state index in [0.29, 0.717) is 6.04 Å². The zero-order valence-corrected chi connectivity index (χ0v) is 15.1. The van der Waals surface area contributed by atoms with Gasteiger partial charge in [-0.1, -0.05) is 64.7 Å². The molecule has 1 rings (SSSR count). The third-order valence-corrected chi connectivity index (χ3v) is 5.74. The lowest BCUT2D eigenvalue weighted by Crippen LogP contribution is -2.27. The summed E-state index contributed by atoms with van der Waals surface area (Å²) in [5, 5.41) is 2.11. The van der Waals surface area contributed by atoms with Gasteiger partial charge >= 0.3 is 0 Å². The molecule has 0 amide bonds. The van der Waals surface area contributed by atoms with E-state index >= 15 is 0 Å². The van der Waals surface area contributed by atoms with Crippen LogP contribution in [-0.2, 0) is 0 Å². The number of hydrogen-bond acceptors (Lipinski definition) is 3. The molecule has 0 aliphatic carbocycles. The maximum absolute atomic E-state index is 5.68. The van der Waals surface area contributed by atoms with Crippen molar-refractivity contribution in [2.24, 2.45) is 5.84 Å². The van der Waals surface area contributed by atoms with Crippen molar-refractivity contribution >= 4 is 27.3 Å². The fourth-order valence-corrected chi connectivity index (χ4v) is 4.25. The Morgan fingerprint density at radius 3 is 2.20 bits per heavy atom. The first-order valence-corrected chi connectivity index (χ1v) is 9.65. The van der Waals surface area contributed by atoms with Gasteiger partial charge in [0.05, 0.1) is 6.04 Å². The van der Waals surface area contributed by atoms with Crippen molar-refractivity contribution < 1.29 is 0 Å². The van der Waals surface area contributed by atoms with Gasteiger partial charge in [0, 0.05) is 9.35 Å². The lowest BCUT2D eigenvalue weighted by molar-refractivity contribution is 0.478. The number of halogens is 1. The Morgan fingerprint density at radius 2 is 1.70 bits per heavy atom. The number of nitrogens with one attached hydrogen (secondary N) is 1. The zero-order chi connectivity index (χ0) is 14.6. The summed E-state index contributed by atoms with van der Waals surface area (Å²) in [6, 6.07) is 2.40. The quantitative estimate of drug-likeness (QED) is 0.275. The van der Waals surface area contributed by atoms with Crippen molar-refractivity contribution in [3.05, 3.63) is 20.8 Å². The first-order valence-electron chi connectivity index (χ1n) is 7.98. The molecule has 0 fully saturated rings. The molecule has 0 aliphatic rings. The summed E-state index contributed by atoms with van der Waals surface area (Å²) in [6.07, 6.45) is 13.5. The van der Waals surface area contributed by atoms with Crippen molar-refractivity contribution in [3.63, 3.8) is 0 Å². The monoisotopic (exact) mass is 360 g/mol. The molecule has 1 aromatic rings. The average Bonchev–Trinajstić information content (AvgIpc) is 2.87. The molecule has 1 atom stereocenters. The van der Waals surface area contributed by atoms with Gasteiger partial charge in [-0.25, -0.2) is 0 Å². The van der Waals surface area contributed by atoms with Gasteiger partial charge in [0.1, 0.15) is 0 Å². The second kappa shape index (κ2) is 11.7. The molecule has 1 aromatic heterocycles. The maximum Gasteiger partial charge on any atom is 0.0564 e. The van der Waals surface area contributed by atoms with Crippen LogP contribution < -0.4 is 11.3 Å². The van der Waals surface area contributed by atoms with Crippen LogP contribution in [0.15, 0.2) is 15.9 Å². The highest BCUT2D eigenvalue weighted by atomic mass is 79.9. The van der Waals surface area contributed by atoms with E-state index in [1.807, 2.05) is 0 Å². The van der Waals surface area contributed by atoms with Gasteiger partial charge in [0.15, 0.2) is 0 Å². The number of unbranched alkanes of at least 4 members (excludes halogenated alkanes) is 8. The number of hydrogen-bond donors (Lipinski definition) is 2. The standard InChI is InChI=1S/C16H29BrN2S/c1-2-3-4-5-6-7-8-9-10-11-15(19-18)16-14(17)12-13-20-16/h12-13,15,19H,2-11,18H2,1H3. The summed E-state index contributed by atoms with van der Waals surface area (Å²) in [6.45, 7) is 2.27. The Bertz CT molecular complexity index is 341. The van der Waals surface area contributed by atoms with Crippen LogP contribution in [0.5, 0.6) is 0 Å². The molecule has 0 aliphatic heterocycles. The zero-order valence-electron chi connectivity index (χ0n) is 12.7. The smallest absolute Gasteiger partial charge is 0.0564 e. The Labute approximate surface area is 136 Å². The first kappa shape index (κ1) is 18.1. The number of thiophene rings is 1. The molecular weight excluding hydrogens is 332 g/mol. The van der Waals surface area contributed by atoms with Crippen LogP contribution in [-0.4, -0.2) is 0 Å². The molecule has 0 saturated carbocycles. The van der Waals surface area contributed by atoms with Gasteiger partial charge in [-0.2, -0.15) is 0 Å². The van der Waals surface area contributed by atoms with E-state index in [-0.39, 0.29) is 0 Å². The third kappa shape index (κ3) is 7.21. The van der Waals surface area contributed by atoms with E-state index in [9.17, 15) is 0 Å². The van der Waals surface area contributed by atoms with Gasteiger partial charge in [-0.05, 0) is 33.8 Å². The highest BCUT2D eigenvalue weighted by molar-refractivity contribution is 9.10. The summed E-state index contributed by atoms with van der Waals surface area (Å²) in [5.74, 6) is 5.68. The fourth-order valence-electron chi connectivity index (χ4n) is 2.50. The molecule has 0 saturated heterocycles. The van der Waals surface area contributed by atoms with E-state index in [1.54, 1.807) is 11.3 Å². The molecule has 0 aromatic carbocycles. The molecule has 2 nitrogen and oxygen atoms in total. The van der Waals surface area contributed by atoms with Crippen LogP contribution in [0, 0.1) is 0 Å². The Hall–Kier alpha value is 0.100. The number of rotatable bonds is 12. The van der Waals surface area contributed by atoms with E-state index in [1.165, 1.54) is 67.1 Å². The van der Waals surface area contributed by atoms with E-state index < -0.39 is 0 Å². The summed E-state index contributed by atoms with van der Waals surface area (Å²) in [7, 11) is 0. The van der Waals surface area contributed by atoms with Crippen LogP contribution >= 0.6 is 27.3 Å². The van der Waals surface area contributed by atoms with Gasteiger partial charge in [-0.15, -0.1) is 11.3 Å². The topological polar surface area (TPSA) is 38.0 Å². The van der Waals surface area contributed by atoms with Gasteiger partial charge < -0.3 is 0 Å². The Kier molecular flexibility index (Phi) is 10.6. The lowest BCUT2D eigenvalue weighted by Gasteiger charge is -2.14. The second-order valence-corrected chi connectivity index (χ2v) is 7.27. The van der Waals surface area contributed by atoms with Gasteiger partial charge in [-0.3, -0.25) is 11.3 Å². The summed E-state index contributed by atoms with van der Waals surface area (Å²) >= 11 is 5.36. The minimum absolute atomic E-state index is 0.300. The molecule has 116 valence electrons. The Balaban J connectivity index is 2.04. The molecule has 20 heavy (non-hydrogen) atoms. The molecule has 3 N–H and O–H groups in total. The van der Waals surface area contributed by atoms with Crippen molar-refractivity contribution in [1.29, 1.82) is 0 Å². The fraction of sp³-hybridized carbons (Fsp3) is 0.750. The molecule has 0 radical (unpaired) electrons. The number of nitrogens with two attached hydrogens (primary N) is 1. The molecule has 4 heteroatoms. The van der Waals surface area contributed by atoms with Gasteiger partial charge in [0.25, 0.3) is 0 Å². The van der Waals surface area contributed by atoms with Crippen molar-refractivity contribution in [2.45, 2.75) is 77.2 Å². The summed E-state index contributed by atoms with van der Waals surface area (Å²) < 4.78 is 1.18. The first-order chi connectivity index (χ1) is 9.79. The maximum atomic E-state index is 5.68. The predicted molar refractivity (Wildman–Crippen MR) is 93.9 cm³/mol. The van der Waals surface area contributed by atoms with Crippen molar-refractivity contribution in [2.75, 3.05) is 0 Å². The molecule has 0 bridgehead atoms. The largest absolute Gasteiger partial charge is 0.271 e. The molecular formula is C16H29BrN2S. The highest BCUT2D eigenvalue weighted by Crippen LogP contribution is 2.31. The lowest BCUT2D eigenvalue weighted by atomic mass is 10.0. The van der Waals surface area contributed by atoms with Crippen LogP contribution in [0.2, 0.25) is 0 Å². The number of hydrazine groups is 1. The van der Waals surface area contributed by atoms with Crippen LogP contribution in [0.1, 0.15) is 82.1 Å². The predicted octanol–water partition coefficient (Wildman–Crippen LogP) is 5.94. The van der Waals surface area contributed by atoms with Crippen LogP contribution in [0.25, 0.3) is 0 Å². The van der Waals surface area contributed by atoms with Crippen molar-refractivity contribution in [3.8, 4) is 0 Å².